The van der Waals surface area contributed by atoms with Crippen LogP contribution in [0.4, 0.5) is 4.79 Å². The molecule has 0 bridgehead atoms. The maximum absolute atomic E-state index is 12.3. The zero-order valence-electron chi connectivity index (χ0n) is 18.8. The number of carbonyl (C=O) groups is 3. The number of allylic oxidation sites excluding steroid dienone is 1. The summed E-state index contributed by atoms with van der Waals surface area (Å²) in [7, 11) is 0. The number of carboxylic acids is 1. The van der Waals surface area contributed by atoms with Gasteiger partial charge in [0.2, 0.25) is 0 Å². The van der Waals surface area contributed by atoms with Gasteiger partial charge in [-0.2, -0.15) is 0 Å². The monoisotopic (exact) mass is 454 g/mol. The van der Waals surface area contributed by atoms with E-state index in [9.17, 15) is 14.4 Å². The van der Waals surface area contributed by atoms with Crippen LogP contribution in [0.3, 0.4) is 0 Å². The number of aryl methyl sites for hydroxylation is 1. The lowest BCUT2D eigenvalue weighted by atomic mass is 10.1. The number of carbonyl (C=O) groups excluding carboxylic acids is 2. The molecule has 9 nitrogen and oxygen atoms in total. The highest BCUT2D eigenvalue weighted by atomic mass is 16.4. The van der Waals surface area contributed by atoms with E-state index < -0.39 is 17.9 Å². The molecule has 176 valence electrons. The highest BCUT2D eigenvalue weighted by Crippen LogP contribution is 2.18. The van der Waals surface area contributed by atoms with E-state index in [1.807, 2.05) is 0 Å². The third-order valence-corrected chi connectivity index (χ3v) is 5.60. The highest BCUT2D eigenvalue weighted by molar-refractivity contribution is 6.11. The summed E-state index contributed by atoms with van der Waals surface area (Å²) in [6.45, 7) is 3.05. The third kappa shape index (κ3) is 6.07. The highest BCUT2D eigenvalue weighted by Gasteiger charge is 2.32. The zero-order chi connectivity index (χ0) is 23.8. The lowest BCUT2D eigenvalue weighted by Crippen LogP contribution is -2.28. The van der Waals surface area contributed by atoms with Gasteiger partial charge < -0.3 is 14.8 Å². The minimum Gasteiger partial charge on any atom is -0.478 e. The Balaban J connectivity index is 1.83. The van der Waals surface area contributed by atoms with Gasteiger partial charge in [-0.1, -0.05) is 25.5 Å². The predicted molar refractivity (Wildman–Crippen MR) is 122 cm³/mol. The first-order chi connectivity index (χ1) is 15.9. The molecule has 1 fully saturated rings. The van der Waals surface area contributed by atoms with Crippen molar-refractivity contribution in [1.29, 1.82) is 0 Å². The first-order valence-electron chi connectivity index (χ1n) is 11.2. The number of carboxylic acid groups (broad SMARTS) is 1. The van der Waals surface area contributed by atoms with Gasteiger partial charge in [-0.15, -0.1) is 0 Å². The first-order valence-corrected chi connectivity index (χ1v) is 11.2. The number of urea groups is 1. The third-order valence-electron chi connectivity index (χ3n) is 5.60. The lowest BCUT2D eigenvalue weighted by molar-refractivity contribution is -0.116. The minimum atomic E-state index is -0.965. The van der Waals surface area contributed by atoms with E-state index in [4.69, 9.17) is 10.2 Å². The van der Waals surface area contributed by atoms with Crippen LogP contribution in [0, 0.1) is 0 Å². The van der Waals surface area contributed by atoms with Crippen LogP contribution in [0.5, 0.6) is 0 Å². The number of hydrogen-bond donors (Lipinski definition) is 3. The second-order valence-corrected chi connectivity index (χ2v) is 7.99. The second-order valence-electron chi connectivity index (χ2n) is 7.99. The fraction of sp³-hybridized carbons (Fsp3) is 0.417. The second kappa shape index (κ2) is 11.4. The Labute approximate surface area is 192 Å². The molecule has 0 aliphatic carbocycles. The number of imide groups is 1. The molecule has 0 unspecified atom stereocenters. The quantitative estimate of drug-likeness (QED) is 0.257. The van der Waals surface area contributed by atoms with Crippen molar-refractivity contribution in [3.05, 3.63) is 64.9 Å². The SMILES string of the molecule is CCCCc1ncc(C/C=C2\C(=O)NC(=O)N2CCCCO)n1Cc1ccc(C(=O)O)cc1. The van der Waals surface area contributed by atoms with E-state index >= 15 is 0 Å². The van der Waals surface area contributed by atoms with Crippen LogP contribution in [-0.2, 0) is 24.2 Å². The smallest absolute Gasteiger partial charge is 0.335 e. The van der Waals surface area contributed by atoms with Crippen LogP contribution in [-0.4, -0.2) is 55.7 Å². The molecule has 2 aromatic rings. The normalized spacial score (nSPS) is 14.8. The van der Waals surface area contributed by atoms with Gasteiger partial charge in [-0.3, -0.25) is 15.0 Å². The number of aromatic nitrogens is 2. The molecule has 1 aliphatic rings. The lowest BCUT2D eigenvalue weighted by Gasteiger charge is -2.15. The number of rotatable bonds is 12. The van der Waals surface area contributed by atoms with Gasteiger partial charge in [-0.05, 0) is 43.0 Å². The molecule has 1 saturated heterocycles. The molecule has 0 saturated carbocycles. The van der Waals surface area contributed by atoms with Crippen LogP contribution < -0.4 is 5.32 Å². The Morgan fingerprint density at radius 1 is 1.15 bits per heavy atom. The van der Waals surface area contributed by atoms with E-state index in [1.54, 1.807) is 36.5 Å². The standard InChI is InChI=1S/C24H30N4O5/c1-2-3-6-21-25-15-19(28(21)16-17-7-9-18(10-8-17)23(31)32)11-12-20-22(30)26-24(33)27(20)13-4-5-14-29/h7-10,12,15,29H,2-6,11,13-14,16H2,1H3,(H,31,32)(H,26,30,33)/b20-12+. The molecule has 33 heavy (non-hydrogen) atoms. The van der Waals surface area contributed by atoms with E-state index in [2.05, 4.69) is 21.8 Å². The minimum absolute atomic E-state index is 0.0373. The van der Waals surface area contributed by atoms with E-state index in [-0.39, 0.29) is 12.2 Å². The summed E-state index contributed by atoms with van der Waals surface area (Å²) in [6.07, 6.45) is 7.93. The number of unbranched alkanes of at least 4 members (excludes halogenated alkanes) is 2. The molecule has 2 heterocycles. The van der Waals surface area contributed by atoms with Gasteiger partial charge in [0.15, 0.2) is 0 Å². The van der Waals surface area contributed by atoms with Gasteiger partial charge in [0.25, 0.3) is 5.91 Å². The van der Waals surface area contributed by atoms with E-state index in [0.717, 1.165) is 36.3 Å². The largest absolute Gasteiger partial charge is 0.478 e. The van der Waals surface area contributed by atoms with Crippen LogP contribution in [0.2, 0.25) is 0 Å². The van der Waals surface area contributed by atoms with Crippen LogP contribution in [0.25, 0.3) is 0 Å². The number of aliphatic hydroxyl groups is 1. The number of benzene rings is 1. The van der Waals surface area contributed by atoms with Crippen LogP contribution in [0.15, 0.2) is 42.2 Å². The molecule has 1 aromatic heterocycles. The number of nitrogens with zero attached hydrogens (tertiary/aromatic N) is 3. The number of hydrogen-bond acceptors (Lipinski definition) is 5. The van der Waals surface area contributed by atoms with Gasteiger partial charge in [0, 0.05) is 44.4 Å². The average molecular weight is 455 g/mol. The van der Waals surface area contributed by atoms with Crippen molar-refractivity contribution in [2.45, 2.75) is 52.0 Å². The van der Waals surface area contributed by atoms with Crippen molar-refractivity contribution in [2.75, 3.05) is 13.2 Å². The Morgan fingerprint density at radius 2 is 1.91 bits per heavy atom. The molecule has 1 aliphatic heterocycles. The molecule has 0 atom stereocenters. The average Bonchev–Trinajstić information content (AvgIpc) is 3.30. The van der Waals surface area contributed by atoms with Crippen molar-refractivity contribution < 1.29 is 24.6 Å². The molecule has 3 amide bonds. The summed E-state index contributed by atoms with van der Waals surface area (Å²) in [4.78, 5) is 41.6. The molecule has 3 N–H and O–H groups in total. The summed E-state index contributed by atoms with van der Waals surface area (Å²) in [5.41, 5.74) is 2.40. The molecule has 9 heteroatoms. The number of aliphatic hydroxyl groups excluding tert-OH is 1. The zero-order valence-corrected chi connectivity index (χ0v) is 18.8. The number of nitrogens with one attached hydrogen (secondary N) is 1. The van der Waals surface area contributed by atoms with Gasteiger partial charge in [0.1, 0.15) is 11.5 Å². The summed E-state index contributed by atoms with van der Waals surface area (Å²) in [6, 6.07) is 6.31. The number of amides is 3. The van der Waals surface area contributed by atoms with Crippen molar-refractivity contribution in [2.24, 2.45) is 0 Å². The fourth-order valence-electron chi connectivity index (χ4n) is 3.75. The number of aromatic carboxylic acids is 1. The van der Waals surface area contributed by atoms with Gasteiger partial charge in [0.05, 0.1) is 5.56 Å². The fourth-order valence-corrected chi connectivity index (χ4v) is 3.75. The van der Waals surface area contributed by atoms with Crippen molar-refractivity contribution in [3.8, 4) is 0 Å². The first kappa shape index (κ1) is 24.2. The topological polar surface area (TPSA) is 125 Å². The maximum atomic E-state index is 12.3. The Bertz CT molecular complexity index is 1030. The van der Waals surface area contributed by atoms with Crippen LogP contribution in [0.1, 0.15) is 60.0 Å². The molecule has 0 spiro atoms. The Hall–Kier alpha value is -3.46. The summed E-state index contributed by atoms with van der Waals surface area (Å²) in [5, 5.41) is 20.4. The number of imidazole rings is 1. The summed E-state index contributed by atoms with van der Waals surface area (Å²) >= 11 is 0. The molecule has 0 radical (unpaired) electrons. The molecular formula is C24H30N4O5. The molecular weight excluding hydrogens is 424 g/mol. The molecule has 3 rings (SSSR count). The van der Waals surface area contributed by atoms with Crippen LogP contribution >= 0.6 is 0 Å². The Morgan fingerprint density at radius 3 is 2.58 bits per heavy atom. The van der Waals surface area contributed by atoms with Gasteiger partial charge >= 0.3 is 12.0 Å². The van der Waals surface area contributed by atoms with Crippen molar-refractivity contribution >= 4 is 17.9 Å². The maximum Gasteiger partial charge on any atom is 0.335 e. The van der Waals surface area contributed by atoms with Crippen molar-refractivity contribution in [1.82, 2.24) is 19.8 Å². The van der Waals surface area contributed by atoms with E-state index in [0.29, 0.717) is 38.0 Å². The van der Waals surface area contributed by atoms with E-state index in [1.165, 1.54) is 4.90 Å². The summed E-state index contributed by atoms with van der Waals surface area (Å²) < 4.78 is 2.09. The van der Waals surface area contributed by atoms with Crippen molar-refractivity contribution in [3.63, 3.8) is 0 Å². The molecule has 1 aromatic carbocycles. The summed E-state index contributed by atoms with van der Waals surface area (Å²) in [5.74, 6) is -0.460. The Kier molecular flexibility index (Phi) is 8.37. The van der Waals surface area contributed by atoms with Gasteiger partial charge in [-0.25, -0.2) is 14.6 Å². The predicted octanol–water partition coefficient (Wildman–Crippen LogP) is 2.72.